The first-order chi connectivity index (χ1) is 8.97. The predicted octanol–water partition coefficient (Wildman–Crippen LogP) is 2.69. The van der Waals surface area contributed by atoms with Crippen molar-refractivity contribution < 1.29 is 4.79 Å². The number of carbonyl (C=O) groups is 1. The van der Waals surface area contributed by atoms with Gasteiger partial charge in [-0.25, -0.2) is 4.79 Å². The molecule has 0 radical (unpaired) electrons. The summed E-state index contributed by atoms with van der Waals surface area (Å²) >= 11 is 0. The van der Waals surface area contributed by atoms with E-state index in [1.165, 1.54) is 16.6 Å². The number of aryl methyl sites for hydroxylation is 2. The van der Waals surface area contributed by atoms with Crippen LogP contribution in [0.1, 0.15) is 25.1 Å². The van der Waals surface area contributed by atoms with Crippen molar-refractivity contribution in [3.05, 3.63) is 35.5 Å². The van der Waals surface area contributed by atoms with Gasteiger partial charge in [-0.3, -0.25) is 0 Å². The molecule has 0 fully saturated rings. The Morgan fingerprint density at radius 1 is 1.32 bits per heavy atom. The topological polar surface area (TPSA) is 46.1 Å². The number of hydrogen-bond acceptors (Lipinski definition) is 1. The molecule has 0 spiro atoms. The molecular weight excluding hydrogens is 238 g/mol. The van der Waals surface area contributed by atoms with Crippen LogP contribution in [0.4, 0.5) is 4.79 Å². The van der Waals surface area contributed by atoms with Crippen LogP contribution < -0.4 is 10.6 Å². The fourth-order valence-corrected chi connectivity index (χ4v) is 2.14. The van der Waals surface area contributed by atoms with Gasteiger partial charge in [-0.15, -0.1) is 0 Å². The third-order valence-electron chi connectivity index (χ3n) is 3.22. The van der Waals surface area contributed by atoms with Crippen LogP contribution in [0.2, 0.25) is 0 Å². The van der Waals surface area contributed by atoms with Gasteiger partial charge < -0.3 is 15.2 Å². The summed E-state index contributed by atoms with van der Waals surface area (Å²) in [7, 11) is 2.06. The molecule has 19 heavy (non-hydrogen) atoms. The van der Waals surface area contributed by atoms with E-state index in [-0.39, 0.29) is 12.1 Å². The molecule has 0 atom stereocenters. The van der Waals surface area contributed by atoms with Gasteiger partial charge in [0.15, 0.2) is 0 Å². The Morgan fingerprint density at radius 3 is 2.74 bits per heavy atom. The average Bonchev–Trinajstić information content (AvgIpc) is 2.61. The molecule has 2 rings (SSSR count). The third kappa shape index (κ3) is 3.08. The fraction of sp³-hybridized carbons (Fsp3) is 0.400. The highest BCUT2D eigenvalue weighted by Crippen LogP contribution is 2.19. The molecule has 0 bridgehead atoms. The highest BCUT2D eigenvalue weighted by molar-refractivity contribution is 5.82. The molecule has 2 amide bonds. The minimum atomic E-state index is -0.126. The Morgan fingerprint density at radius 2 is 2.05 bits per heavy atom. The lowest BCUT2D eigenvalue weighted by Gasteiger charge is -2.10. The summed E-state index contributed by atoms with van der Waals surface area (Å²) in [5, 5.41) is 6.88. The maximum atomic E-state index is 11.5. The second-order valence-corrected chi connectivity index (χ2v) is 5.22. The SMILES string of the molecule is Cc1cc2cc(CNC(=O)NC(C)C)ccc2n1C. The van der Waals surface area contributed by atoms with E-state index in [2.05, 4.69) is 53.4 Å². The number of aromatic nitrogens is 1. The smallest absolute Gasteiger partial charge is 0.315 e. The zero-order chi connectivity index (χ0) is 14.0. The zero-order valence-electron chi connectivity index (χ0n) is 11.9. The minimum absolute atomic E-state index is 0.126. The van der Waals surface area contributed by atoms with E-state index in [1.54, 1.807) is 0 Å². The summed E-state index contributed by atoms with van der Waals surface area (Å²) in [6.07, 6.45) is 0. The van der Waals surface area contributed by atoms with Gasteiger partial charge in [0, 0.05) is 36.2 Å². The van der Waals surface area contributed by atoms with Gasteiger partial charge in [0.2, 0.25) is 0 Å². The second kappa shape index (κ2) is 5.34. The number of hydrogen-bond donors (Lipinski definition) is 2. The molecule has 4 nitrogen and oxygen atoms in total. The molecule has 0 aliphatic carbocycles. The van der Waals surface area contributed by atoms with E-state index in [4.69, 9.17) is 0 Å². The Labute approximate surface area is 113 Å². The first kappa shape index (κ1) is 13.5. The quantitative estimate of drug-likeness (QED) is 0.874. The molecule has 0 saturated heterocycles. The normalized spacial score (nSPS) is 11.0. The number of urea groups is 1. The van der Waals surface area contributed by atoms with E-state index in [0.717, 1.165) is 5.56 Å². The van der Waals surface area contributed by atoms with E-state index < -0.39 is 0 Å². The van der Waals surface area contributed by atoms with Crippen LogP contribution in [-0.2, 0) is 13.6 Å². The molecule has 1 aromatic carbocycles. The number of nitrogens with one attached hydrogen (secondary N) is 2. The predicted molar refractivity (Wildman–Crippen MR) is 78.2 cm³/mol. The molecule has 1 heterocycles. The Balaban J connectivity index is 2.08. The lowest BCUT2D eigenvalue weighted by atomic mass is 10.1. The van der Waals surface area contributed by atoms with Gasteiger partial charge in [-0.1, -0.05) is 6.07 Å². The summed E-state index contributed by atoms with van der Waals surface area (Å²) < 4.78 is 2.16. The molecule has 2 aromatic rings. The molecule has 1 aromatic heterocycles. The van der Waals surface area contributed by atoms with Crippen molar-refractivity contribution in [3.63, 3.8) is 0 Å². The number of fused-ring (bicyclic) bond motifs is 1. The second-order valence-electron chi connectivity index (χ2n) is 5.22. The van der Waals surface area contributed by atoms with Crippen molar-refractivity contribution in [1.29, 1.82) is 0 Å². The van der Waals surface area contributed by atoms with Gasteiger partial charge in [0.05, 0.1) is 0 Å². The Kier molecular flexibility index (Phi) is 3.79. The number of amides is 2. The van der Waals surface area contributed by atoms with Crippen LogP contribution in [0.25, 0.3) is 10.9 Å². The van der Waals surface area contributed by atoms with Crippen molar-refractivity contribution >= 4 is 16.9 Å². The number of carbonyl (C=O) groups excluding carboxylic acids is 1. The summed E-state index contributed by atoms with van der Waals surface area (Å²) in [4.78, 5) is 11.5. The molecule has 0 aliphatic rings. The van der Waals surface area contributed by atoms with Gasteiger partial charge in [0.1, 0.15) is 0 Å². The van der Waals surface area contributed by atoms with Gasteiger partial charge in [-0.2, -0.15) is 0 Å². The fourth-order valence-electron chi connectivity index (χ4n) is 2.14. The molecular formula is C15H21N3O. The van der Waals surface area contributed by atoms with Crippen LogP contribution in [-0.4, -0.2) is 16.6 Å². The molecule has 0 aliphatic heterocycles. The Hall–Kier alpha value is -1.97. The van der Waals surface area contributed by atoms with Crippen molar-refractivity contribution in [2.75, 3.05) is 0 Å². The van der Waals surface area contributed by atoms with Gasteiger partial charge in [0.25, 0.3) is 0 Å². The van der Waals surface area contributed by atoms with Crippen LogP contribution in [0.15, 0.2) is 24.3 Å². The maximum absolute atomic E-state index is 11.5. The average molecular weight is 259 g/mol. The molecule has 102 valence electrons. The zero-order valence-corrected chi connectivity index (χ0v) is 11.9. The molecule has 4 heteroatoms. The largest absolute Gasteiger partial charge is 0.348 e. The summed E-state index contributed by atoms with van der Waals surface area (Å²) in [6.45, 7) is 6.52. The van der Waals surface area contributed by atoms with E-state index in [1.807, 2.05) is 13.8 Å². The van der Waals surface area contributed by atoms with E-state index >= 15 is 0 Å². The van der Waals surface area contributed by atoms with Crippen LogP contribution in [0, 0.1) is 6.92 Å². The van der Waals surface area contributed by atoms with Crippen LogP contribution >= 0.6 is 0 Å². The van der Waals surface area contributed by atoms with Crippen molar-refractivity contribution in [3.8, 4) is 0 Å². The number of benzene rings is 1. The minimum Gasteiger partial charge on any atom is -0.348 e. The molecule has 0 saturated carbocycles. The summed E-state index contributed by atoms with van der Waals surface area (Å²) in [6, 6.07) is 8.46. The third-order valence-corrected chi connectivity index (χ3v) is 3.22. The van der Waals surface area contributed by atoms with Crippen molar-refractivity contribution in [2.24, 2.45) is 7.05 Å². The van der Waals surface area contributed by atoms with Gasteiger partial charge >= 0.3 is 6.03 Å². The highest BCUT2D eigenvalue weighted by atomic mass is 16.2. The maximum Gasteiger partial charge on any atom is 0.315 e. The first-order valence-electron chi connectivity index (χ1n) is 6.56. The van der Waals surface area contributed by atoms with E-state index in [9.17, 15) is 4.79 Å². The molecule has 0 unspecified atom stereocenters. The molecule has 2 N–H and O–H groups in total. The monoisotopic (exact) mass is 259 g/mol. The van der Waals surface area contributed by atoms with Crippen LogP contribution in [0.3, 0.4) is 0 Å². The van der Waals surface area contributed by atoms with Crippen molar-refractivity contribution in [2.45, 2.75) is 33.4 Å². The lowest BCUT2D eigenvalue weighted by Crippen LogP contribution is -2.39. The standard InChI is InChI=1S/C15H21N3O/c1-10(2)17-15(19)16-9-12-5-6-14-13(8-12)7-11(3)18(14)4/h5-8,10H,9H2,1-4H3,(H2,16,17,19). The van der Waals surface area contributed by atoms with E-state index in [0.29, 0.717) is 6.54 Å². The Bertz CT molecular complexity index is 599. The van der Waals surface area contributed by atoms with Crippen molar-refractivity contribution in [1.82, 2.24) is 15.2 Å². The van der Waals surface area contributed by atoms with Gasteiger partial charge in [-0.05, 0) is 44.5 Å². The summed E-state index contributed by atoms with van der Waals surface area (Å²) in [5.41, 5.74) is 3.56. The highest BCUT2D eigenvalue weighted by Gasteiger charge is 2.05. The number of rotatable bonds is 3. The summed E-state index contributed by atoms with van der Waals surface area (Å²) in [5.74, 6) is 0. The first-order valence-corrected chi connectivity index (χ1v) is 6.56. The lowest BCUT2D eigenvalue weighted by molar-refractivity contribution is 0.238. The van der Waals surface area contributed by atoms with Crippen LogP contribution in [0.5, 0.6) is 0 Å². The number of nitrogens with zero attached hydrogens (tertiary/aromatic N) is 1.